The highest BCUT2D eigenvalue weighted by Crippen LogP contribution is 2.08. The summed E-state index contributed by atoms with van der Waals surface area (Å²) in [5, 5.41) is 0. The van der Waals surface area contributed by atoms with Crippen molar-refractivity contribution in [1.82, 2.24) is 0 Å². The lowest BCUT2D eigenvalue weighted by Crippen LogP contribution is -2.07. The molecule has 0 aromatic carbocycles. The van der Waals surface area contributed by atoms with E-state index >= 15 is 0 Å². The van der Waals surface area contributed by atoms with Gasteiger partial charge in [-0.15, -0.1) is 0 Å². The first-order valence-electron chi connectivity index (χ1n) is 2.25. The summed E-state index contributed by atoms with van der Waals surface area (Å²) >= 11 is 8.23. The molecule has 0 saturated heterocycles. The van der Waals surface area contributed by atoms with Gasteiger partial charge in [0.15, 0.2) is 0 Å². The van der Waals surface area contributed by atoms with E-state index in [2.05, 4.69) is 22.0 Å². The average Bonchev–Trinajstić information content (AvgIpc) is 1.77. The molecule has 1 aliphatic carbocycles. The first-order chi connectivity index (χ1) is 3.80. The van der Waals surface area contributed by atoms with Crippen molar-refractivity contribution < 1.29 is 0 Å². The summed E-state index contributed by atoms with van der Waals surface area (Å²) in [7, 11) is 0. The van der Waals surface area contributed by atoms with Crippen molar-refractivity contribution in [3.63, 3.8) is 0 Å². The van der Waals surface area contributed by atoms with Crippen LogP contribution in [0.2, 0.25) is 0 Å². The fourth-order valence-electron chi connectivity index (χ4n) is 0.450. The van der Waals surface area contributed by atoms with Crippen LogP contribution in [0.1, 0.15) is 0 Å². The predicted octanol–water partition coefficient (Wildman–Crippen LogP) is 2.05. The van der Waals surface area contributed by atoms with Crippen LogP contribution in [-0.2, 0) is 0 Å². The molecule has 1 radical (unpaired) electrons. The van der Waals surface area contributed by atoms with Gasteiger partial charge in [-0.25, -0.2) is 0 Å². The van der Waals surface area contributed by atoms with E-state index in [0.717, 1.165) is 4.86 Å². The lowest BCUT2D eigenvalue weighted by Gasteiger charge is -2.02. The molecule has 2 heteroatoms. The summed E-state index contributed by atoms with van der Waals surface area (Å²) in [6, 6.07) is 0. The van der Waals surface area contributed by atoms with Crippen LogP contribution >= 0.6 is 28.1 Å². The molecule has 0 heterocycles. The highest BCUT2D eigenvalue weighted by molar-refractivity contribution is 9.10. The van der Waals surface area contributed by atoms with Crippen molar-refractivity contribution in [2.45, 2.75) is 4.83 Å². The lowest BCUT2D eigenvalue weighted by molar-refractivity contribution is 1.54. The van der Waals surface area contributed by atoms with Crippen molar-refractivity contribution in [2.75, 3.05) is 0 Å². The standard InChI is InChI=1S/C6H4BrS/c7-5-3-1-2-4-6(5)8/h1-3,5H. The molecule has 1 aliphatic rings. The summed E-state index contributed by atoms with van der Waals surface area (Å²) < 4.78 is 0. The Hall–Kier alpha value is 0.0500. The first kappa shape index (κ1) is 6.17. The van der Waals surface area contributed by atoms with Crippen LogP contribution in [0.4, 0.5) is 0 Å². The fourth-order valence-corrected chi connectivity index (χ4v) is 0.905. The van der Waals surface area contributed by atoms with Crippen molar-refractivity contribution in [3.05, 3.63) is 24.3 Å². The third kappa shape index (κ3) is 1.26. The number of hydrogen-bond donors (Lipinski definition) is 0. The van der Waals surface area contributed by atoms with E-state index < -0.39 is 0 Å². The predicted molar refractivity (Wildman–Crippen MR) is 42.3 cm³/mol. The number of hydrogen-bond acceptors (Lipinski definition) is 1. The Morgan fingerprint density at radius 3 is 2.88 bits per heavy atom. The second-order valence-electron chi connectivity index (χ2n) is 1.46. The second kappa shape index (κ2) is 2.55. The Bertz CT molecular complexity index is 158. The Balaban J connectivity index is 2.74. The number of rotatable bonds is 0. The van der Waals surface area contributed by atoms with E-state index in [1.54, 1.807) is 0 Å². The quantitative estimate of drug-likeness (QED) is 0.414. The van der Waals surface area contributed by atoms with Crippen molar-refractivity contribution in [1.29, 1.82) is 0 Å². The minimum absolute atomic E-state index is 0.225. The SMILES string of the molecule is S=C1[C]=CC=CC1Br. The van der Waals surface area contributed by atoms with Crippen LogP contribution in [0.15, 0.2) is 18.2 Å². The van der Waals surface area contributed by atoms with Crippen molar-refractivity contribution in [3.8, 4) is 0 Å². The lowest BCUT2D eigenvalue weighted by atomic mass is 10.2. The van der Waals surface area contributed by atoms with Crippen LogP contribution < -0.4 is 0 Å². The smallest absolute Gasteiger partial charge is 0.0686 e. The maximum absolute atomic E-state index is 4.89. The summed E-state index contributed by atoms with van der Waals surface area (Å²) in [5.74, 6) is 0. The van der Waals surface area contributed by atoms with Crippen LogP contribution in [0, 0.1) is 6.08 Å². The molecule has 0 nitrogen and oxygen atoms in total. The van der Waals surface area contributed by atoms with E-state index in [4.69, 9.17) is 12.2 Å². The zero-order valence-corrected chi connectivity index (χ0v) is 6.50. The van der Waals surface area contributed by atoms with Crippen molar-refractivity contribution >= 4 is 33.0 Å². The van der Waals surface area contributed by atoms with E-state index in [1.165, 1.54) is 0 Å². The fraction of sp³-hybridized carbons (Fsp3) is 0.167. The van der Waals surface area contributed by atoms with Crippen molar-refractivity contribution in [2.24, 2.45) is 0 Å². The maximum atomic E-state index is 4.89. The third-order valence-electron chi connectivity index (χ3n) is 0.852. The monoisotopic (exact) mass is 187 g/mol. The van der Waals surface area contributed by atoms with Crippen LogP contribution in [0.25, 0.3) is 0 Å². The first-order valence-corrected chi connectivity index (χ1v) is 3.57. The molecule has 41 valence electrons. The number of alkyl halides is 1. The summed E-state index contributed by atoms with van der Waals surface area (Å²) in [6.07, 6.45) is 8.63. The van der Waals surface area contributed by atoms with Gasteiger partial charge in [-0.3, -0.25) is 0 Å². The molecule has 8 heavy (non-hydrogen) atoms. The normalized spacial score (nSPS) is 26.6. The van der Waals surface area contributed by atoms with Gasteiger partial charge in [0.25, 0.3) is 0 Å². The molecule has 1 unspecified atom stereocenters. The Morgan fingerprint density at radius 1 is 1.75 bits per heavy atom. The van der Waals surface area contributed by atoms with Gasteiger partial charge in [0, 0.05) is 4.86 Å². The second-order valence-corrected chi connectivity index (χ2v) is 2.89. The van der Waals surface area contributed by atoms with Gasteiger partial charge in [-0.05, 0) is 6.08 Å². The molecule has 0 aliphatic heterocycles. The van der Waals surface area contributed by atoms with E-state index in [9.17, 15) is 0 Å². The molecule has 0 aromatic rings. The van der Waals surface area contributed by atoms with E-state index in [0.29, 0.717) is 0 Å². The van der Waals surface area contributed by atoms with Crippen LogP contribution in [0.3, 0.4) is 0 Å². The zero-order chi connectivity index (χ0) is 5.98. The molecule has 0 saturated carbocycles. The molecule has 0 spiro atoms. The van der Waals surface area contributed by atoms with Gasteiger partial charge in [0.1, 0.15) is 0 Å². The summed E-state index contributed by atoms with van der Waals surface area (Å²) in [5.41, 5.74) is 0. The van der Waals surface area contributed by atoms with Gasteiger partial charge >= 0.3 is 0 Å². The molecule has 1 atom stereocenters. The largest absolute Gasteiger partial charge is 0.0826 e. The maximum Gasteiger partial charge on any atom is 0.0686 e. The summed E-state index contributed by atoms with van der Waals surface area (Å²) in [6.45, 7) is 0. The number of allylic oxidation sites excluding steroid dienone is 4. The Kier molecular flexibility index (Phi) is 1.97. The summed E-state index contributed by atoms with van der Waals surface area (Å²) in [4.78, 5) is 1.05. The van der Waals surface area contributed by atoms with Gasteiger partial charge < -0.3 is 0 Å². The van der Waals surface area contributed by atoms with Crippen LogP contribution in [0.5, 0.6) is 0 Å². The Labute approximate surface area is 62.4 Å². The number of halogens is 1. The molecule has 0 N–H and O–H groups in total. The molecular weight excluding hydrogens is 184 g/mol. The van der Waals surface area contributed by atoms with Gasteiger partial charge in [0.2, 0.25) is 0 Å². The molecule has 0 amide bonds. The highest BCUT2D eigenvalue weighted by Gasteiger charge is 2.04. The zero-order valence-electron chi connectivity index (χ0n) is 4.10. The van der Waals surface area contributed by atoms with Crippen LogP contribution in [-0.4, -0.2) is 9.69 Å². The average molecular weight is 188 g/mol. The molecular formula is C6H4BrS. The van der Waals surface area contributed by atoms with E-state index in [-0.39, 0.29) is 4.83 Å². The Morgan fingerprint density at radius 2 is 2.50 bits per heavy atom. The van der Waals surface area contributed by atoms with Gasteiger partial charge in [-0.2, -0.15) is 0 Å². The minimum Gasteiger partial charge on any atom is -0.0826 e. The highest BCUT2D eigenvalue weighted by atomic mass is 79.9. The molecule has 0 aromatic heterocycles. The third-order valence-corrected chi connectivity index (χ3v) is 2.29. The molecule has 0 bridgehead atoms. The van der Waals surface area contributed by atoms with E-state index in [1.807, 2.05) is 18.2 Å². The van der Waals surface area contributed by atoms with Gasteiger partial charge in [-0.1, -0.05) is 46.4 Å². The molecule has 0 fully saturated rings. The molecule has 1 rings (SSSR count). The van der Waals surface area contributed by atoms with Gasteiger partial charge in [0.05, 0.1) is 4.83 Å². The minimum atomic E-state index is 0.225. The topological polar surface area (TPSA) is 0 Å². The number of thiocarbonyl (C=S) groups is 1.